The van der Waals surface area contributed by atoms with E-state index in [4.69, 9.17) is 16.3 Å². The number of methoxy groups -OCH3 is 1. The number of rotatable bonds is 4. The molecule has 1 fully saturated rings. The summed E-state index contributed by atoms with van der Waals surface area (Å²) in [7, 11) is 1.60. The summed E-state index contributed by atoms with van der Waals surface area (Å²) in [4.78, 5) is 15.1. The van der Waals surface area contributed by atoms with E-state index in [1.807, 2.05) is 47.4 Å². The summed E-state index contributed by atoms with van der Waals surface area (Å²) in [6.07, 6.45) is 1.86. The molecule has 3 rings (SSSR count). The summed E-state index contributed by atoms with van der Waals surface area (Å²) in [6.45, 7) is 1.83. The van der Waals surface area contributed by atoms with Crippen LogP contribution in [-0.2, 0) is 0 Å². The van der Waals surface area contributed by atoms with E-state index in [9.17, 15) is 4.79 Å². The van der Waals surface area contributed by atoms with Crippen LogP contribution in [0.4, 0.5) is 5.69 Å². The lowest BCUT2D eigenvalue weighted by Gasteiger charge is -2.35. The molecule has 0 atom stereocenters. The van der Waals surface area contributed by atoms with E-state index < -0.39 is 0 Å². The van der Waals surface area contributed by atoms with Gasteiger partial charge in [-0.25, -0.2) is 0 Å². The molecule has 1 N–H and O–H groups in total. The molecule has 2 aromatic carbocycles. The van der Waals surface area contributed by atoms with Crippen LogP contribution in [0.25, 0.3) is 0 Å². The van der Waals surface area contributed by atoms with Crippen LogP contribution >= 0.6 is 11.6 Å². The summed E-state index contributed by atoms with van der Waals surface area (Å²) in [5.41, 5.74) is 1.50. The van der Waals surface area contributed by atoms with Crippen molar-refractivity contribution in [2.45, 2.75) is 18.9 Å². The van der Waals surface area contributed by atoms with Gasteiger partial charge in [0.25, 0.3) is 5.91 Å². The summed E-state index contributed by atoms with van der Waals surface area (Å²) in [5, 5.41) is 4.01. The molecule has 126 valence electrons. The van der Waals surface area contributed by atoms with Crippen LogP contribution in [0.1, 0.15) is 23.2 Å². The first-order valence-corrected chi connectivity index (χ1v) is 8.51. The Morgan fingerprint density at radius 1 is 1.17 bits per heavy atom. The molecule has 1 amide bonds. The van der Waals surface area contributed by atoms with Gasteiger partial charge in [-0.15, -0.1) is 0 Å². The van der Waals surface area contributed by atoms with Crippen LogP contribution in [0.15, 0.2) is 48.5 Å². The zero-order chi connectivity index (χ0) is 16.9. The van der Waals surface area contributed by atoms with Gasteiger partial charge in [0.2, 0.25) is 0 Å². The molecular formula is C19H21ClN2O2. The second-order valence-electron chi connectivity index (χ2n) is 5.86. The lowest BCUT2D eigenvalue weighted by Crippen LogP contribution is -2.46. The smallest absolute Gasteiger partial charge is 0.258 e. The molecule has 1 aliphatic rings. The van der Waals surface area contributed by atoms with Crippen molar-refractivity contribution in [3.05, 3.63) is 59.1 Å². The average Bonchev–Trinajstić information content (AvgIpc) is 2.64. The third-order valence-corrected chi connectivity index (χ3v) is 4.57. The number of carbonyl (C=O) groups is 1. The SMILES string of the molecule is COc1cccc(C(=O)N(c2ccc(Cl)cc2)C2CCNCC2)c1. The molecular weight excluding hydrogens is 324 g/mol. The van der Waals surface area contributed by atoms with Crippen molar-refractivity contribution in [1.82, 2.24) is 5.32 Å². The van der Waals surface area contributed by atoms with Gasteiger partial charge in [-0.2, -0.15) is 0 Å². The molecule has 0 aromatic heterocycles. The second-order valence-corrected chi connectivity index (χ2v) is 6.30. The van der Waals surface area contributed by atoms with Crippen LogP contribution in [-0.4, -0.2) is 32.1 Å². The lowest BCUT2D eigenvalue weighted by molar-refractivity contribution is 0.0971. The van der Waals surface area contributed by atoms with Crippen molar-refractivity contribution in [2.24, 2.45) is 0 Å². The molecule has 1 heterocycles. The van der Waals surface area contributed by atoms with Gasteiger partial charge in [-0.05, 0) is 68.4 Å². The molecule has 0 unspecified atom stereocenters. The van der Waals surface area contributed by atoms with Crippen LogP contribution in [0.3, 0.4) is 0 Å². The number of ether oxygens (including phenoxy) is 1. The standard InChI is InChI=1S/C19H21ClN2O2/c1-24-18-4-2-3-14(13-18)19(23)22(17-9-11-21-12-10-17)16-7-5-15(20)6-8-16/h2-8,13,17,21H,9-12H2,1H3. The lowest BCUT2D eigenvalue weighted by atomic mass is 10.0. The monoisotopic (exact) mass is 344 g/mol. The number of amides is 1. The minimum atomic E-state index is -0.0110. The van der Waals surface area contributed by atoms with E-state index in [0.29, 0.717) is 16.3 Å². The normalized spacial score (nSPS) is 15.1. The summed E-state index contributed by atoms with van der Waals surface area (Å²) in [5.74, 6) is 0.672. The Bertz CT molecular complexity index is 697. The number of halogens is 1. The van der Waals surface area contributed by atoms with Gasteiger partial charge in [-0.1, -0.05) is 17.7 Å². The molecule has 0 bridgehead atoms. The van der Waals surface area contributed by atoms with E-state index in [0.717, 1.165) is 31.6 Å². The summed E-state index contributed by atoms with van der Waals surface area (Å²) in [6, 6.07) is 14.9. The average molecular weight is 345 g/mol. The van der Waals surface area contributed by atoms with Gasteiger partial charge in [0.1, 0.15) is 5.75 Å². The first kappa shape index (κ1) is 16.8. The molecule has 4 nitrogen and oxygen atoms in total. The molecule has 0 aliphatic carbocycles. The van der Waals surface area contributed by atoms with Gasteiger partial charge in [-0.3, -0.25) is 4.79 Å². The van der Waals surface area contributed by atoms with Gasteiger partial charge in [0.05, 0.1) is 7.11 Å². The number of hydrogen-bond donors (Lipinski definition) is 1. The number of nitrogens with zero attached hydrogens (tertiary/aromatic N) is 1. The fourth-order valence-corrected chi connectivity index (χ4v) is 3.18. The molecule has 5 heteroatoms. The van der Waals surface area contributed by atoms with Gasteiger partial charge in [0.15, 0.2) is 0 Å². The third-order valence-electron chi connectivity index (χ3n) is 4.31. The Kier molecular flexibility index (Phi) is 5.38. The molecule has 0 spiro atoms. The maximum Gasteiger partial charge on any atom is 0.258 e. The van der Waals surface area contributed by atoms with Crippen molar-refractivity contribution >= 4 is 23.2 Å². The molecule has 1 aliphatic heterocycles. The number of anilines is 1. The maximum absolute atomic E-state index is 13.2. The molecule has 1 saturated heterocycles. The fourth-order valence-electron chi connectivity index (χ4n) is 3.06. The van der Waals surface area contributed by atoms with Crippen molar-refractivity contribution in [1.29, 1.82) is 0 Å². The topological polar surface area (TPSA) is 41.6 Å². The second kappa shape index (κ2) is 7.69. The molecule has 2 aromatic rings. The van der Waals surface area contributed by atoms with E-state index >= 15 is 0 Å². The molecule has 0 radical (unpaired) electrons. The third kappa shape index (κ3) is 3.71. The van der Waals surface area contributed by atoms with Crippen molar-refractivity contribution in [3.8, 4) is 5.75 Å². The Hall–Kier alpha value is -2.04. The van der Waals surface area contributed by atoms with Crippen molar-refractivity contribution < 1.29 is 9.53 Å². The zero-order valence-corrected chi connectivity index (χ0v) is 14.4. The van der Waals surface area contributed by atoms with Crippen LogP contribution in [0.2, 0.25) is 5.02 Å². The highest BCUT2D eigenvalue weighted by Crippen LogP contribution is 2.26. The Morgan fingerprint density at radius 2 is 1.88 bits per heavy atom. The Balaban J connectivity index is 1.96. The minimum absolute atomic E-state index is 0.0110. The van der Waals surface area contributed by atoms with Gasteiger partial charge < -0.3 is 15.0 Å². The number of nitrogens with one attached hydrogen (secondary N) is 1. The summed E-state index contributed by atoms with van der Waals surface area (Å²) < 4.78 is 5.25. The van der Waals surface area contributed by atoms with Crippen LogP contribution in [0, 0.1) is 0 Å². The Morgan fingerprint density at radius 3 is 2.54 bits per heavy atom. The van der Waals surface area contributed by atoms with E-state index in [-0.39, 0.29) is 11.9 Å². The van der Waals surface area contributed by atoms with Crippen molar-refractivity contribution in [2.75, 3.05) is 25.1 Å². The number of hydrogen-bond acceptors (Lipinski definition) is 3. The van der Waals surface area contributed by atoms with E-state index in [1.165, 1.54) is 0 Å². The Labute approximate surface area is 147 Å². The maximum atomic E-state index is 13.2. The van der Waals surface area contributed by atoms with E-state index in [1.54, 1.807) is 13.2 Å². The van der Waals surface area contributed by atoms with Crippen molar-refractivity contribution in [3.63, 3.8) is 0 Å². The van der Waals surface area contributed by atoms with Crippen LogP contribution in [0.5, 0.6) is 5.75 Å². The predicted octanol–water partition coefficient (Wildman–Crippen LogP) is 3.75. The van der Waals surface area contributed by atoms with Crippen LogP contribution < -0.4 is 15.0 Å². The quantitative estimate of drug-likeness (QED) is 0.918. The first-order chi connectivity index (χ1) is 11.7. The fraction of sp³-hybridized carbons (Fsp3) is 0.316. The summed E-state index contributed by atoms with van der Waals surface area (Å²) >= 11 is 6.01. The molecule has 0 saturated carbocycles. The highest BCUT2D eigenvalue weighted by atomic mass is 35.5. The molecule has 24 heavy (non-hydrogen) atoms. The first-order valence-electron chi connectivity index (χ1n) is 8.13. The minimum Gasteiger partial charge on any atom is -0.497 e. The van der Waals surface area contributed by atoms with Gasteiger partial charge in [0, 0.05) is 22.3 Å². The largest absolute Gasteiger partial charge is 0.497 e. The van der Waals surface area contributed by atoms with E-state index in [2.05, 4.69) is 5.32 Å². The highest BCUT2D eigenvalue weighted by Gasteiger charge is 2.27. The number of benzene rings is 2. The zero-order valence-electron chi connectivity index (χ0n) is 13.7. The number of carbonyl (C=O) groups excluding carboxylic acids is 1. The highest BCUT2D eigenvalue weighted by molar-refractivity contribution is 6.30. The van der Waals surface area contributed by atoms with Gasteiger partial charge >= 0.3 is 0 Å². The number of piperidine rings is 1. The predicted molar refractivity (Wildman–Crippen MR) is 97.1 cm³/mol.